The van der Waals surface area contributed by atoms with Crippen molar-refractivity contribution >= 4 is 57.0 Å². The van der Waals surface area contributed by atoms with E-state index in [1.165, 1.54) is 24.3 Å². The molecule has 0 heterocycles. The molecule has 8 N–H and O–H groups in total. The lowest BCUT2D eigenvalue weighted by atomic mass is 9.93. The van der Waals surface area contributed by atoms with Gasteiger partial charge in [0.15, 0.2) is 5.96 Å². The topological polar surface area (TPSA) is 178 Å². The second-order valence-corrected chi connectivity index (χ2v) is 8.41. The Hall–Kier alpha value is -2.89. The number of carboxylic acid groups (broad SMARTS) is 1. The third-order valence-electron chi connectivity index (χ3n) is 4.19. The lowest BCUT2D eigenvalue weighted by Crippen LogP contribution is -2.54. The van der Waals surface area contributed by atoms with Gasteiger partial charge in [0, 0.05) is 22.7 Å². The number of carboxylic acids is 1. The van der Waals surface area contributed by atoms with Crippen LogP contribution in [0, 0.1) is 5.41 Å². The van der Waals surface area contributed by atoms with Crippen LogP contribution in [0.15, 0.2) is 47.0 Å². The summed E-state index contributed by atoms with van der Waals surface area (Å²) >= 11 is 9.31. The Morgan fingerprint density at radius 2 is 2.03 bits per heavy atom. The Balaban J connectivity index is 1.98. The summed E-state index contributed by atoms with van der Waals surface area (Å²) in [7, 11) is 0. The van der Waals surface area contributed by atoms with E-state index >= 15 is 0 Å². The maximum atomic E-state index is 12.4. The minimum absolute atomic E-state index is 0.0468. The average Bonchev–Trinajstić information content (AvgIpc) is 2.67. The van der Waals surface area contributed by atoms with Crippen molar-refractivity contribution in [1.82, 2.24) is 10.6 Å². The van der Waals surface area contributed by atoms with E-state index in [4.69, 9.17) is 27.9 Å². The van der Waals surface area contributed by atoms with Crippen molar-refractivity contribution < 1.29 is 24.6 Å². The molecule has 0 spiro atoms. The first-order valence-corrected chi connectivity index (χ1v) is 10.1. The molecule has 2 rings (SSSR count). The lowest BCUT2D eigenvalue weighted by Gasteiger charge is -2.35. The molecular weight excluding hydrogens is 494 g/mol. The number of hydrogen-bond donors (Lipinski definition) is 7. The number of alkyl halides is 1. The zero-order chi connectivity index (χ0) is 23.2. The summed E-state index contributed by atoms with van der Waals surface area (Å²) in [5.74, 6) is -2.48. The highest BCUT2D eigenvalue weighted by molar-refractivity contribution is 9.10. The second-order valence-electron chi connectivity index (χ2n) is 6.66. The van der Waals surface area contributed by atoms with Gasteiger partial charge in [-0.2, -0.15) is 0 Å². The largest absolute Gasteiger partial charge is 0.481 e. The summed E-state index contributed by atoms with van der Waals surface area (Å²) in [6.07, 6.45) is 1.40. The van der Waals surface area contributed by atoms with E-state index in [1.807, 2.05) is 0 Å². The molecule has 0 saturated carbocycles. The van der Waals surface area contributed by atoms with Crippen molar-refractivity contribution in [2.75, 3.05) is 11.9 Å². The Kier molecular flexibility index (Phi) is 8.20. The second kappa shape index (κ2) is 10.4. The van der Waals surface area contributed by atoms with Crippen LogP contribution in [0.25, 0.3) is 0 Å². The summed E-state index contributed by atoms with van der Waals surface area (Å²) in [6.45, 7) is -0.400. The Labute approximate surface area is 191 Å². The highest BCUT2D eigenvalue weighted by Crippen LogP contribution is 2.35. The number of nitrogens with two attached hydrogens (primary N) is 1. The van der Waals surface area contributed by atoms with Gasteiger partial charge in [0.1, 0.15) is 10.6 Å². The number of hydrogen-bond acceptors (Lipinski definition) is 5. The quantitative estimate of drug-likeness (QED) is 0.118. The van der Waals surface area contributed by atoms with Crippen LogP contribution in [-0.2, 0) is 9.59 Å². The van der Waals surface area contributed by atoms with Crippen molar-refractivity contribution in [3.05, 3.63) is 52.6 Å². The van der Waals surface area contributed by atoms with Gasteiger partial charge < -0.3 is 31.9 Å². The molecule has 1 aromatic rings. The fraction of sp³-hybridized carbons (Fsp3) is 0.263. The molecule has 10 nitrogen and oxygen atoms in total. The number of carbonyl (C=O) groups is 3. The van der Waals surface area contributed by atoms with Gasteiger partial charge in [-0.1, -0.05) is 33.6 Å². The van der Waals surface area contributed by atoms with E-state index in [1.54, 1.807) is 12.1 Å². The molecule has 2 unspecified atom stereocenters. The molecule has 2 amide bonds. The first-order chi connectivity index (χ1) is 14.5. The van der Waals surface area contributed by atoms with Crippen molar-refractivity contribution in [1.29, 1.82) is 5.41 Å². The number of aliphatic hydroxyl groups excluding tert-OH is 1. The maximum Gasteiger partial charge on any atom is 0.303 e. The molecule has 166 valence electrons. The predicted octanol–water partition coefficient (Wildman–Crippen LogP) is 1.22. The predicted molar refractivity (Wildman–Crippen MR) is 119 cm³/mol. The van der Waals surface area contributed by atoms with Crippen LogP contribution >= 0.6 is 27.5 Å². The molecule has 0 radical (unpaired) electrons. The van der Waals surface area contributed by atoms with Crippen molar-refractivity contribution in [3.8, 4) is 0 Å². The first kappa shape index (κ1) is 24.4. The summed E-state index contributed by atoms with van der Waals surface area (Å²) in [5.41, 5.74) is 6.28. The Morgan fingerprint density at radius 3 is 2.68 bits per heavy atom. The summed E-state index contributed by atoms with van der Waals surface area (Å²) in [6, 6.07) is 6.20. The van der Waals surface area contributed by atoms with E-state index < -0.39 is 34.9 Å². The Bertz CT molecular complexity index is 967. The van der Waals surface area contributed by atoms with Crippen LogP contribution in [-0.4, -0.2) is 51.1 Å². The molecule has 0 aromatic heterocycles. The highest BCUT2D eigenvalue weighted by atomic mass is 79.9. The first-order valence-electron chi connectivity index (χ1n) is 8.98. The van der Waals surface area contributed by atoms with Crippen LogP contribution in [0.3, 0.4) is 0 Å². The van der Waals surface area contributed by atoms with Crippen molar-refractivity contribution in [2.45, 2.75) is 23.4 Å². The van der Waals surface area contributed by atoms with Gasteiger partial charge in [-0.05, 0) is 42.3 Å². The normalized spacial score (nSPS) is 20.2. The number of guanidine groups is 1. The van der Waals surface area contributed by atoms with E-state index in [2.05, 4.69) is 31.9 Å². The lowest BCUT2D eigenvalue weighted by molar-refractivity contribution is -0.137. The molecule has 12 heteroatoms. The monoisotopic (exact) mass is 513 g/mol. The molecule has 31 heavy (non-hydrogen) atoms. The minimum atomic E-state index is -1.46. The van der Waals surface area contributed by atoms with Crippen molar-refractivity contribution in [3.63, 3.8) is 0 Å². The number of halogens is 2. The van der Waals surface area contributed by atoms with E-state index in [9.17, 15) is 19.5 Å². The SMILES string of the molecule is N=C(N)Nc1cccc(C(=O)NCC(=O)NC2(Br)C=C(Cl)C=C(CCC(=O)O)C2O)c1. The number of allylic oxidation sites excluding steroid dienone is 2. The number of benzene rings is 1. The molecule has 0 fully saturated rings. The number of rotatable bonds is 8. The van der Waals surface area contributed by atoms with Crippen LogP contribution < -0.4 is 21.7 Å². The van der Waals surface area contributed by atoms with Gasteiger partial charge in [-0.25, -0.2) is 0 Å². The fourth-order valence-corrected chi connectivity index (χ4v) is 4.03. The summed E-state index contributed by atoms with van der Waals surface area (Å²) in [4.78, 5) is 35.5. The number of amides is 2. The number of aliphatic hydroxyl groups is 1. The van der Waals surface area contributed by atoms with Crippen LogP contribution in [0.1, 0.15) is 23.2 Å². The minimum Gasteiger partial charge on any atom is -0.481 e. The van der Waals surface area contributed by atoms with Gasteiger partial charge in [-0.15, -0.1) is 0 Å². The average molecular weight is 515 g/mol. The third-order valence-corrected chi connectivity index (χ3v) is 5.27. The van der Waals surface area contributed by atoms with Crippen molar-refractivity contribution in [2.24, 2.45) is 5.73 Å². The van der Waals surface area contributed by atoms with Gasteiger partial charge in [0.05, 0.1) is 6.54 Å². The van der Waals surface area contributed by atoms with Gasteiger partial charge in [-0.3, -0.25) is 19.8 Å². The molecular formula is C19H21BrClN5O5. The van der Waals surface area contributed by atoms with Crippen LogP contribution in [0.2, 0.25) is 0 Å². The molecule has 1 aromatic carbocycles. The van der Waals surface area contributed by atoms with Crippen LogP contribution in [0.4, 0.5) is 5.69 Å². The standard InChI is InChI=1S/C19H21BrClN5O5/c20-19(8-12(21)6-10(16(19)30)4-5-15(28)29)26-14(27)9-24-17(31)11-2-1-3-13(7-11)25-18(22)23/h1-3,6-8,16,30H,4-5,9H2,(H,24,31)(H,26,27)(H,28,29)(H4,22,23,25). The number of aliphatic carboxylic acids is 1. The molecule has 0 aliphatic heterocycles. The number of nitrogens with one attached hydrogen (secondary N) is 4. The molecule has 1 aliphatic rings. The number of anilines is 1. The van der Waals surface area contributed by atoms with E-state index in [0.717, 1.165) is 0 Å². The van der Waals surface area contributed by atoms with E-state index in [0.29, 0.717) is 11.3 Å². The fourth-order valence-electron chi connectivity index (χ4n) is 2.83. The third kappa shape index (κ3) is 7.09. The smallest absolute Gasteiger partial charge is 0.303 e. The van der Waals surface area contributed by atoms with Crippen LogP contribution in [0.5, 0.6) is 0 Å². The summed E-state index contributed by atoms with van der Waals surface area (Å²) < 4.78 is -1.46. The van der Waals surface area contributed by atoms with Gasteiger partial charge in [0.25, 0.3) is 5.91 Å². The molecule has 0 saturated heterocycles. The maximum absolute atomic E-state index is 12.4. The highest BCUT2D eigenvalue weighted by Gasteiger charge is 2.39. The Morgan fingerprint density at radius 1 is 1.32 bits per heavy atom. The van der Waals surface area contributed by atoms with Gasteiger partial charge >= 0.3 is 5.97 Å². The summed E-state index contributed by atoms with van der Waals surface area (Å²) in [5, 5.41) is 34.4. The molecule has 2 atom stereocenters. The molecule has 0 bridgehead atoms. The molecule has 1 aliphatic carbocycles. The van der Waals surface area contributed by atoms with E-state index in [-0.39, 0.29) is 29.4 Å². The zero-order valence-corrected chi connectivity index (χ0v) is 18.5. The van der Waals surface area contributed by atoms with Gasteiger partial charge in [0.2, 0.25) is 5.91 Å². The zero-order valence-electron chi connectivity index (χ0n) is 16.1. The number of carbonyl (C=O) groups excluding carboxylic acids is 2.